The van der Waals surface area contributed by atoms with Gasteiger partial charge in [0.15, 0.2) is 11.6 Å². The first-order valence-electron chi connectivity index (χ1n) is 7.26. The summed E-state index contributed by atoms with van der Waals surface area (Å²) in [5, 5.41) is 2.62. The molecule has 0 amide bonds. The Morgan fingerprint density at radius 1 is 1.17 bits per heavy atom. The summed E-state index contributed by atoms with van der Waals surface area (Å²) in [5.74, 6) is 1.02. The molecule has 3 heterocycles. The molecule has 3 aromatic heterocycles. The average Bonchev–Trinajstić information content (AvgIpc) is 3.19. The molecule has 0 radical (unpaired) electrons. The third-order valence-electron chi connectivity index (χ3n) is 4.02. The van der Waals surface area contributed by atoms with Crippen molar-refractivity contribution in [2.24, 2.45) is 0 Å². The summed E-state index contributed by atoms with van der Waals surface area (Å²) in [6, 6.07) is 9.78. The van der Waals surface area contributed by atoms with E-state index >= 15 is 0 Å². The van der Waals surface area contributed by atoms with Gasteiger partial charge >= 0.3 is 0 Å². The summed E-state index contributed by atoms with van der Waals surface area (Å²) in [6.45, 7) is 4.15. The van der Waals surface area contributed by atoms with Crippen molar-refractivity contribution in [2.75, 3.05) is 0 Å². The highest BCUT2D eigenvalue weighted by Crippen LogP contribution is 2.32. The van der Waals surface area contributed by atoms with E-state index in [1.54, 1.807) is 18.4 Å². The van der Waals surface area contributed by atoms with Crippen LogP contribution < -0.4 is 5.56 Å². The van der Waals surface area contributed by atoms with Crippen LogP contribution in [-0.4, -0.2) is 9.97 Å². The Morgan fingerprint density at radius 3 is 2.78 bits per heavy atom. The molecule has 5 heteroatoms. The zero-order chi connectivity index (χ0) is 16.0. The number of H-pyrrole nitrogens is 1. The highest BCUT2D eigenvalue weighted by atomic mass is 32.1. The van der Waals surface area contributed by atoms with Crippen LogP contribution in [0, 0.1) is 13.8 Å². The molecule has 4 rings (SSSR count). The van der Waals surface area contributed by atoms with E-state index in [1.165, 1.54) is 22.5 Å². The highest BCUT2D eigenvalue weighted by molar-refractivity contribution is 7.17. The van der Waals surface area contributed by atoms with E-state index in [1.807, 2.05) is 11.4 Å². The van der Waals surface area contributed by atoms with Gasteiger partial charge in [-0.25, -0.2) is 4.98 Å². The lowest BCUT2D eigenvalue weighted by Gasteiger charge is -2.04. The van der Waals surface area contributed by atoms with Crippen molar-refractivity contribution in [3.05, 3.63) is 63.5 Å². The number of thiophene rings is 1. The van der Waals surface area contributed by atoms with Crippen LogP contribution in [0.3, 0.4) is 0 Å². The second kappa shape index (κ2) is 5.21. The van der Waals surface area contributed by atoms with E-state index in [0.717, 1.165) is 11.1 Å². The third-order valence-corrected chi connectivity index (χ3v) is 4.89. The predicted molar refractivity (Wildman–Crippen MR) is 92.9 cm³/mol. The second-order valence-corrected chi connectivity index (χ2v) is 6.38. The topological polar surface area (TPSA) is 58.9 Å². The van der Waals surface area contributed by atoms with Crippen LogP contribution >= 0.6 is 11.3 Å². The van der Waals surface area contributed by atoms with Crippen molar-refractivity contribution in [3.63, 3.8) is 0 Å². The Hall–Kier alpha value is -2.66. The SMILES string of the molecule is Cc1ccc(-c2csc3nc(-c4ccco4)[nH]c(=O)c23)cc1C. The van der Waals surface area contributed by atoms with Gasteiger partial charge in [0, 0.05) is 10.9 Å². The molecule has 1 aromatic carbocycles. The van der Waals surface area contributed by atoms with E-state index in [-0.39, 0.29) is 5.56 Å². The lowest BCUT2D eigenvalue weighted by atomic mass is 10.0. The molecule has 0 unspecified atom stereocenters. The number of hydrogen-bond donors (Lipinski definition) is 1. The fourth-order valence-electron chi connectivity index (χ4n) is 2.60. The van der Waals surface area contributed by atoms with Crippen molar-refractivity contribution >= 4 is 21.6 Å². The van der Waals surface area contributed by atoms with E-state index in [4.69, 9.17) is 4.42 Å². The fourth-order valence-corrected chi connectivity index (χ4v) is 3.55. The van der Waals surface area contributed by atoms with Gasteiger partial charge in [-0.05, 0) is 42.7 Å². The first-order chi connectivity index (χ1) is 11.1. The number of aryl methyl sites for hydroxylation is 2. The summed E-state index contributed by atoms with van der Waals surface area (Å²) in [4.78, 5) is 20.6. The molecule has 1 N–H and O–H groups in total. The van der Waals surface area contributed by atoms with Gasteiger partial charge in [0.2, 0.25) is 0 Å². The van der Waals surface area contributed by atoms with Crippen LogP contribution in [0.15, 0.2) is 51.2 Å². The van der Waals surface area contributed by atoms with Crippen molar-refractivity contribution < 1.29 is 4.42 Å². The molecule has 0 aliphatic heterocycles. The van der Waals surface area contributed by atoms with Crippen LogP contribution in [0.1, 0.15) is 11.1 Å². The summed E-state index contributed by atoms with van der Waals surface area (Å²) in [5.41, 5.74) is 4.26. The summed E-state index contributed by atoms with van der Waals surface area (Å²) >= 11 is 1.47. The predicted octanol–water partition coefficient (Wildman–Crippen LogP) is 4.53. The Labute approximate surface area is 136 Å². The number of furan rings is 1. The zero-order valence-corrected chi connectivity index (χ0v) is 13.5. The summed E-state index contributed by atoms with van der Waals surface area (Å²) < 4.78 is 5.32. The number of rotatable bonds is 2. The molecule has 4 aromatic rings. The summed E-state index contributed by atoms with van der Waals surface area (Å²) in [7, 11) is 0. The van der Waals surface area contributed by atoms with Gasteiger partial charge < -0.3 is 9.40 Å². The minimum atomic E-state index is -0.143. The lowest BCUT2D eigenvalue weighted by Crippen LogP contribution is -2.08. The lowest BCUT2D eigenvalue weighted by molar-refractivity contribution is 0.577. The molecule has 0 saturated carbocycles. The van der Waals surface area contributed by atoms with Crippen molar-refractivity contribution in [1.29, 1.82) is 0 Å². The Morgan fingerprint density at radius 2 is 2.04 bits per heavy atom. The first kappa shape index (κ1) is 14.0. The third kappa shape index (κ3) is 2.29. The van der Waals surface area contributed by atoms with Crippen LogP contribution in [0.5, 0.6) is 0 Å². The number of hydrogen-bond acceptors (Lipinski definition) is 4. The van der Waals surface area contributed by atoms with E-state index in [0.29, 0.717) is 21.8 Å². The molecular weight excluding hydrogens is 308 g/mol. The van der Waals surface area contributed by atoms with Gasteiger partial charge in [0.1, 0.15) is 4.83 Å². The number of benzene rings is 1. The van der Waals surface area contributed by atoms with Gasteiger partial charge in [-0.15, -0.1) is 11.3 Å². The summed E-state index contributed by atoms with van der Waals surface area (Å²) in [6.07, 6.45) is 1.56. The second-order valence-electron chi connectivity index (χ2n) is 5.52. The number of aromatic nitrogens is 2. The van der Waals surface area contributed by atoms with Crippen LogP contribution in [0.25, 0.3) is 32.9 Å². The van der Waals surface area contributed by atoms with E-state index < -0.39 is 0 Å². The Balaban J connectivity index is 1.93. The molecule has 4 nitrogen and oxygen atoms in total. The molecule has 0 aliphatic rings. The monoisotopic (exact) mass is 322 g/mol. The minimum absolute atomic E-state index is 0.143. The molecule has 0 fully saturated rings. The van der Waals surface area contributed by atoms with Gasteiger partial charge in [0.25, 0.3) is 5.56 Å². The van der Waals surface area contributed by atoms with Crippen molar-refractivity contribution in [1.82, 2.24) is 9.97 Å². The maximum atomic E-state index is 12.6. The van der Waals surface area contributed by atoms with Crippen LogP contribution in [-0.2, 0) is 0 Å². The van der Waals surface area contributed by atoms with Gasteiger partial charge in [-0.1, -0.05) is 18.2 Å². The smallest absolute Gasteiger partial charge is 0.260 e. The Bertz CT molecular complexity index is 1060. The number of nitrogens with zero attached hydrogens (tertiary/aromatic N) is 1. The molecule has 114 valence electrons. The number of aromatic amines is 1. The minimum Gasteiger partial charge on any atom is -0.461 e. The number of fused-ring (bicyclic) bond motifs is 1. The van der Waals surface area contributed by atoms with Crippen molar-refractivity contribution in [3.8, 4) is 22.7 Å². The fraction of sp³-hybridized carbons (Fsp3) is 0.111. The van der Waals surface area contributed by atoms with Gasteiger partial charge in [-0.2, -0.15) is 0 Å². The highest BCUT2D eigenvalue weighted by Gasteiger charge is 2.14. The maximum absolute atomic E-state index is 12.6. The number of nitrogens with one attached hydrogen (secondary N) is 1. The zero-order valence-electron chi connectivity index (χ0n) is 12.7. The molecule has 0 aliphatic carbocycles. The quantitative estimate of drug-likeness (QED) is 0.590. The largest absolute Gasteiger partial charge is 0.461 e. The standard InChI is InChI=1S/C18H14N2O2S/c1-10-5-6-12(8-11(10)2)13-9-23-18-15(13)17(21)19-16(20-18)14-4-3-7-22-14/h3-9H,1-2H3,(H,19,20,21). The van der Waals surface area contributed by atoms with Gasteiger partial charge in [0.05, 0.1) is 11.6 Å². The van der Waals surface area contributed by atoms with Crippen LogP contribution in [0.2, 0.25) is 0 Å². The molecule has 23 heavy (non-hydrogen) atoms. The van der Waals surface area contributed by atoms with E-state index in [2.05, 4.69) is 35.9 Å². The molecule has 0 atom stereocenters. The van der Waals surface area contributed by atoms with Gasteiger partial charge in [-0.3, -0.25) is 4.79 Å². The Kier molecular flexibility index (Phi) is 3.16. The van der Waals surface area contributed by atoms with Crippen molar-refractivity contribution in [2.45, 2.75) is 13.8 Å². The molecule has 0 saturated heterocycles. The first-order valence-corrected chi connectivity index (χ1v) is 8.14. The molecule has 0 spiro atoms. The normalized spacial score (nSPS) is 11.2. The molecular formula is C18H14N2O2S. The maximum Gasteiger partial charge on any atom is 0.260 e. The van der Waals surface area contributed by atoms with Crippen LogP contribution in [0.4, 0.5) is 0 Å². The average molecular weight is 322 g/mol. The van der Waals surface area contributed by atoms with E-state index in [9.17, 15) is 4.79 Å². The molecule has 0 bridgehead atoms.